The van der Waals surface area contributed by atoms with Gasteiger partial charge in [0.15, 0.2) is 0 Å². The van der Waals surface area contributed by atoms with Crippen LogP contribution < -0.4 is 5.32 Å². The number of benzene rings is 2. The van der Waals surface area contributed by atoms with Gasteiger partial charge in [-0.1, -0.05) is 46.7 Å². The van der Waals surface area contributed by atoms with Crippen molar-refractivity contribution in [1.29, 1.82) is 0 Å². The molecule has 0 saturated heterocycles. The molecule has 0 bridgehead atoms. The fraction of sp³-hybridized carbons (Fsp3) is 0.333. The lowest BCUT2D eigenvalue weighted by atomic mass is 10.1. The summed E-state index contributed by atoms with van der Waals surface area (Å²) in [6.45, 7) is 4.07. The van der Waals surface area contributed by atoms with Gasteiger partial charge in [-0.05, 0) is 66.8 Å². The highest BCUT2D eigenvalue weighted by Gasteiger charge is 2.12. The van der Waals surface area contributed by atoms with E-state index in [2.05, 4.69) is 64.6 Å². The Kier molecular flexibility index (Phi) is 5.04. The van der Waals surface area contributed by atoms with Crippen LogP contribution in [0, 0.1) is 0 Å². The molecule has 0 aliphatic heterocycles. The fourth-order valence-electron chi connectivity index (χ4n) is 2.77. The number of aryl methyl sites for hydroxylation is 2. The lowest BCUT2D eigenvalue weighted by Crippen LogP contribution is -2.12. The Morgan fingerprint density at radius 3 is 2.81 bits per heavy atom. The Bertz CT molecular complexity index is 639. The molecule has 0 saturated carbocycles. The second-order valence-corrected chi connectivity index (χ2v) is 7.45. The Hall–Kier alpha value is -0.770. The summed E-state index contributed by atoms with van der Waals surface area (Å²) in [7, 11) is 0. The van der Waals surface area contributed by atoms with Crippen molar-refractivity contribution < 1.29 is 0 Å². The van der Waals surface area contributed by atoms with E-state index in [0.717, 1.165) is 17.6 Å². The molecule has 3 heteroatoms. The first-order chi connectivity index (χ1) is 10.3. The summed E-state index contributed by atoms with van der Waals surface area (Å²) in [5.74, 6) is 0. The first kappa shape index (κ1) is 15.1. The molecule has 1 N–H and O–H groups in total. The van der Waals surface area contributed by atoms with Crippen LogP contribution >= 0.6 is 27.7 Å². The second kappa shape index (κ2) is 6.99. The van der Waals surface area contributed by atoms with Crippen molar-refractivity contribution >= 4 is 27.7 Å². The molecule has 2 aromatic carbocycles. The van der Waals surface area contributed by atoms with Crippen LogP contribution in [0.15, 0.2) is 50.7 Å². The topological polar surface area (TPSA) is 12.0 Å². The van der Waals surface area contributed by atoms with E-state index >= 15 is 0 Å². The molecule has 0 heterocycles. The Labute approximate surface area is 139 Å². The van der Waals surface area contributed by atoms with Crippen LogP contribution in [-0.2, 0) is 19.4 Å². The monoisotopic (exact) mass is 361 g/mol. The summed E-state index contributed by atoms with van der Waals surface area (Å²) in [6, 6.07) is 13.5. The molecular weight excluding hydrogens is 342 g/mol. The fourth-order valence-corrected chi connectivity index (χ4v) is 4.33. The second-order valence-electron chi connectivity index (χ2n) is 5.42. The Morgan fingerprint density at radius 2 is 1.95 bits per heavy atom. The largest absolute Gasteiger partial charge is 0.313 e. The van der Waals surface area contributed by atoms with Gasteiger partial charge < -0.3 is 5.32 Å². The molecule has 0 amide bonds. The number of rotatable bonds is 5. The molecule has 1 aliphatic rings. The lowest BCUT2D eigenvalue weighted by Gasteiger charge is -2.11. The molecule has 21 heavy (non-hydrogen) atoms. The molecule has 1 nitrogen and oxygen atoms in total. The molecule has 0 spiro atoms. The van der Waals surface area contributed by atoms with Gasteiger partial charge in [0, 0.05) is 20.8 Å². The van der Waals surface area contributed by atoms with E-state index < -0.39 is 0 Å². The average Bonchev–Trinajstić information content (AvgIpc) is 2.94. The zero-order valence-electron chi connectivity index (χ0n) is 12.3. The predicted molar refractivity (Wildman–Crippen MR) is 94.1 cm³/mol. The number of halogens is 1. The lowest BCUT2D eigenvalue weighted by molar-refractivity contribution is 0.718. The van der Waals surface area contributed by atoms with E-state index in [1.54, 1.807) is 11.1 Å². The summed E-state index contributed by atoms with van der Waals surface area (Å²) in [5, 5.41) is 3.42. The smallest absolute Gasteiger partial charge is 0.0216 e. The van der Waals surface area contributed by atoms with E-state index in [-0.39, 0.29) is 0 Å². The highest BCUT2D eigenvalue weighted by Crippen LogP contribution is 2.35. The minimum atomic E-state index is 0.928. The van der Waals surface area contributed by atoms with Crippen LogP contribution in [0.5, 0.6) is 0 Å². The molecule has 0 fully saturated rings. The van der Waals surface area contributed by atoms with Crippen molar-refractivity contribution in [1.82, 2.24) is 5.32 Å². The average molecular weight is 362 g/mol. The molecule has 110 valence electrons. The maximum Gasteiger partial charge on any atom is 0.0216 e. The number of hydrogen-bond donors (Lipinski definition) is 1. The number of fused-ring (bicyclic) bond motifs is 1. The van der Waals surface area contributed by atoms with E-state index in [9.17, 15) is 0 Å². The summed E-state index contributed by atoms with van der Waals surface area (Å²) < 4.78 is 1.14. The van der Waals surface area contributed by atoms with E-state index in [0.29, 0.717) is 0 Å². The maximum atomic E-state index is 3.59. The van der Waals surface area contributed by atoms with Crippen LogP contribution in [0.2, 0.25) is 0 Å². The third kappa shape index (κ3) is 3.71. The van der Waals surface area contributed by atoms with Gasteiger partial charge in [-0.15, -0.1) is 0 Å². The van der Waals surface area contributed by atoms with Crippen molar-refractivity contribution in [2.75, 3.05) is 6.54 Å². The normalized spacial score (nSPS) is 13.4. The summed E-state index contributed by atoms with van der Waals surface area (Å²) in [5.41, 5.74) is 4.45. The molecular formula is C18H20BrNS. The van der Waals surface area contributed by atoms with E-state index in [4.69, 9.17) is 0 Å². The third-order valence-corrected chi connectivity index (χ3v) is 5.48. The van der Waals surface area contributed by atoms with Crippen molar-refractivity contribution in [3.05, 3.63) is 57.6 Å². The summed E-state index contributed by atoms with van der Waals surface area (Å²) in [6.07, 6.45) is 3.81. The first-order valence-corrected chi connectivity index (χ1v) is 9.16. The van der Waals surface area contributed by atoms with Crippen LogP contribution in [-0.4, -0.2) is 6.54 Å². The van der Waals surface area contributed by atoms with Crippen LogP contribution in [0.4, 0.5) is 0 Å². The van der Waals surface area contributed by atoms with Crippen molar-refractivity contribution in [3.63, 3.8) is 0 Å². The van der Waals surface area contributed by atoms with Gasteiger partial charge in [0.05, 0.1) is 0 Å². The van der Waals surface area contributed by atoms with Gasteiger partial charge in [-0.3, -0.25) is 0 Å². The highest BCUT2D eigenvalue weighted by molar-refractivity contribution is 9.10. The molecule has 0 radical (unpaired) electrons. The summed E-state index contributed by atoms with van der Waals surface area (Å²) in [4.78, 5) is 2.69. The van der Waals surface area contributed by atoms with Crippen LogP contribution in [0.3, 0.4) is 0 Å². The Balaban J connectivity index is 1.84. The first-order valence-electron chi connectivity index (χ1n) is 7.55. The van der Waals surface area contributed by atoms with Gasteiger partial charge in [0.2, 0.25) is 0 Å². The van der Waals surface area contributed by atoms with Gasteiger partial charge >= 0.3 is 0 Å². The third-order valence-electron chi connectivity index (χ3n) is 3.89. The molecule has 3 rings (SSSR count). The predicted octanol–water partition coefficient (Wildman–Crippen LogP) is 5.20. The van der Waals surface area contributed by atoms with Crippen molar-refractivity contribution in [3.8, 4) is 0 Å². The minimum absolute atomic E-state index is 0.928. The minimum Gasteiger partial charge on any atom is -0.313 e. The Morgan fingerprint density at radius 1 is 1.10 bits per heavy atom. The van der Waals surface area contributed by atoms with E-state index in [1.165, 1.54) is 34.6 Å². The van der Waals surface area contributed by atoms with Gasteiger partial charge in [-0.2, -0.15) is 0 Å². The SMILES string of the molecule is CCNCc1ccc(Br)cc1Sc1ccc2c(c1)CCC2. The van der Waals surface area contributed by atoms with Gasteiger partial charge in [-0.25, -0.2) is 0 Å². The highest BCUT2D eigenvalue weighted by atomic mass is 79.9. The molecule has 2 aromatic rings. The zero-order valence-corrected chi connectivity index (χ0v) is 14.7. The van der Waals surface area contributed by atoms with Crippen molar-refractivity contribution in [2.45, 2.75) is 42.5 Å². The molecule has 0 unspecified atom stereocenters. The quantitative estimate of drug-likeness (QED) is 0.785. The van der Waals surface area contributed by atoms with Crippen LogP contribution in [0.1, 0.15) is 30.0 Å². The van der Waals surface area contributed by atoms with Crippen LogP contribution in [0.25, 0.3) is 0 Å². The maximum absolute atomic E-state index is 3.59. The zero-order chi connectivity index (χ0) is 14.7. The standard InChI is InChI=1S/C18H20BrNS/c1-2-20-12-15-6-8-16(19)11-18(15)21-17-9-7-13-4-3-5-14(13)10-17/h6-11,20H,2-5,12H2,1H3. The van der Waals surface area contributed by atoms with Gasteiger partial charge in [0.25, 0.3) is 0 Å². The number of hydrogen-bond acceptors (Lipinski definition) is 2. The molecule has 0 aromatic heterocycles. The molecule has 0 atom stereocenters. The molecule has 1 aliphatic carbocycles. The number of nitrogens with one attached hydrogen (secondary N) is 1. The summed E-state index contributed by atoms with van der Waals surface area (Å²) >= 11 is 5.47. The van der Waals surface area contributed by atoms with E-state index in [1.807, 2.05) is 11.8 Å². The van der Waals surface area contributed by atoms with Crippen molar-refractivity contribution in [2.24, 2.45) is 0 Å². The van der Waals surface area contributed by atoms with Gasteiger partial charge in [0.1, 0.15) is 0 Å².